The average molecular weight is 609 g/mol. The molecular formula is C33H28N4O2S3. The molecular weight excluding hydrogens is 581 g/mol. The lowest BCUT2D eigenvalue weighted by Crippen LogP contribution is -2.19. The van der Waals surface area contributed by atoms with Crippen molar-refractivity contribution in [3.05, 3.63) is 125 Å². The Kier molecular flexibility index (Phi) is 9.43. The summed E-state index contributed by atoms with van der Waals surface area (Å²) in [5, 5.41) is 9.88. The molecule has 0 fully saturated rings. The molecule has 5 rings (SSSR count). The first-order valence-corrected chi connectivity index (χ1v) is 15.3. The number of hydrogen-bond acceptors (Lipinski definition) is 6. The standard InChI is InChI=1S/C33H28N4O2S3/c1-21(38)23-16-18-26(19-17-23)34-32(40)35-27-14-9-15-28(20-27)42-30(25-12-7-4-8-13-25)31(39)37-33-36-29(22(2)41-33)24-10-5-3-6-11-24/h3-20,30H,1-2H3,(H2,34,35,40)(H,36,37,39). The van der Waals surface area contributed by atoms with E-state index in [0.717, 1.165) is 38.0 Å². The summed E-state index contributed by atoms with van der Waals surface area (Å²) in [5.41, 5.74) is 4.98. The van der Waals surface area contributed by atoms with Crippen molar-refractivity contribution >= 4 is 68.6 Å². The van der Waals surface area contributed by atoms with Crippen molar-refractivity contribution in [2.24, 2.45) is 0 Å². The number of Topliss-reactive ketones (excluding diaryl/α,β-unsaturated/α-hetero) is 1. The van der Waals surface area contributed by atoms with Gasteiger partial charge in [-0.05, 0) is 74.1 Å². The van der Waals surface area contributed by atoms with Crippen LogP contribution in [0.5, 0.6) is 0 Å². The van der Waals surface area contributed by atoms with Gasteiger partial charge in [0.1, 0.15) is 5.25 Å². The van der Waals surface area contributed by atoms with Crippen LogP contribution in [0.4, 0.5) is 16.5 Å². The van der Waals surface area contributed by atoms with Crippen LogP contribution in [-0.2, 0) is 4.79 Å². The molecule has 1 unspecified atom stereocenters. The minimum absolute atomic E-state index is 0.0118. The van der Waals surface area contributed by atoms with E-state index >= 15 is 0 Å². The number of carbonyl (C=O) groups excluding carboxylic acids is 2. The first kappa shape index (κ1) is 29.2. The third kappa shape index (κ3) is 7.50. The first-order valence-electron chi connectivity index (χ1n) is 13.2. The van der Waals surface area contributed by atoms with Crippen molar-refractivity contribution in [3.63, 3.8) is 0 Å². The minimum atomic E-state index is -0.504. The van der Waals surface area contributed by atoms with Crippen LogP contribution in [0, 0.1) is 6.92 Å². The molecule has 1 atom stereocenters. The lowest BCUT2D eigenvalue weighted by atomic mass is 10.1. The Bertz CT molecular complexity index is 1700. The van der Waals surface area contributed by atoms with Gasteiger partial charge < -0.3 is 16.0 Å². The van der Waals surface area contributed by atoms with E-state index in [9.17, 15) is 9.59 Å². The van der Waals surface area contributed by atoms with Gasteiger partial charge in [0.2, 0.25) is 5.91 Å². The molecule has 9 heteroatoms. The zero-order valence-corrected chi connectivity index (χ0v) is 25.4. The predicted molar refractivity (Wildman–Crippen MR) is 179 cm³/mol. The molecule has 5 aromatic rings. The van der Waals surface area contributed by atoms with Crippen LogP contribution in [0.3, 0.4) is 0 Å². The molecule has 0 radical (unpaired) electrons. The van der Waals surface area contributed by atoms with Crippen LogP contribution in [0.25, 0.3) is 11.3 Å². The highest BCUT2D eigenvalue weighted by atomic mass is 32.2. The van der Waals surface area contributed by atoms with Crippen LogP contribution >= 0.6 is 35.3 Å². The average Bonchev–Trinajstić information content (AvgIpc) is 3.36. The summed E-state index contributed by atoms with van der Waals surface area (Å²) in [4.78, 5) is 31.9. The second-order valence-electron chi connectivity index (χ2n) is 9.43. The highest BCUT2D eigenvalue weighted by Gasteiger charge is 2.24. The van der Waals surface area contributed by atoms with Crippen molar-refractivity contribution in [1.82, 2.24) is 4.98 Å². The van der Waals surface area contributed by atoms with Gasteiger partial charge in [0.15, 0.2) is 16.0 Å². The normalized spacial score (nSPS) is 11.4. The molecule has 0 aliphatic heterocycles. The lowest BCUT2D eigenvalue weighted by molar-refractivity contribution is -0.115. The number of nitrogens with one attached hydrogen (secondary N) is 3. The summed E-state index contributed by atoms with van der Waals surface area (Å²) >= 11 is 8.43. The van der Waals surface area contributed by atoms with Gasteiger partial charge in [-0.15, -0.1) is 23.1 Å². The smallest absolute Gasteiger partial charge is 0.244 e. The van der Waals surface area contributed by atoms with E-state index in [-0.39, 0.29) is 11.7 Å². The Morgan fingerprint density at radius 3 is 2.17 bits per heavy atom. The van der Waals surface area contributed by atoms with E-state index < -0.39 is 5.25 Å². The highest BCUT2D eigenvalue weighted by Crippen LogP contribution is 2.38. The number of thiazole rings is 1. The SMILES string of the molecule is CC(=O)c1ccc(NC(=S)Nc2cccc(SC(C(=O)Nc3nc(-c4ccccc4)c(C)s3)c3ccccc3)c2)cc1. The van der Waals surface area contributed by atoms with Gasteiger partial charge >= 0.3 is 0 Å². The maximum absolute atomic E-state index is 13.7. The number of thioether (sulfide) groups is 1. The van der Waals surface area contributed by atoms with E-state index in [2.05, 4.69) is 16.0 Å². The number of rotatable bonds is 9. The Labute approximate surface area is 258 Å². The fraction of sp³-hybridized carbons (Fsp3) is 0.0909. The fourth-order valence-electron chi connectivity index (χ4n) is 4.25. The number of ketones is 1. The number of hydrogen-bond donors (Lipinski definition) is 3. The van der Waals surface area contributed by atoms with E-state index in [1.807, 2.05) is 104 Å². The second kappa shape index (κ2) is 13.6. The topological polar surface area (TPSA) is 83.1 Å². The molecule has 1 amide bonds. The van der Waals surface area contributed by atoms with E-state index in [0.29, 0.717) is 15.8 Å². The first-order chi connectivity index (χ1) is 20.4. The van der Waals surface area contributed by atoms with E-state index in [1.165, 1.54) is 30.0 Å². The van der Waals surface area contributed by atoms with Gasteiger partial charge in [-0.2, -0.15) is 0 Å². The Balaban J connectivity index is 1.30. The number of anilines is 3. The monoisotopic (exact) mass is 608 g/mol. The van der Waals surface area contributed by atoms with Crippen molar-refractivity contribution in [2.75, 3.05) is 16.0 Å². The lowest BCUT2D eigenvalue weighted by Gasteiger charge is -2.17. The third-order valence-electron chi connectivity index (χ3n) is 6.31. The summed E-state index contributed by atoms with van der Waals surface area (Å²) in [6.07, 6.45) is 0. The minimum Gasteiger partial charge on any atom is -0.332 e. The molecule has 210 valence electrons. The zero-order chi connectivity index (χ0) is 29.5. The van der Waals surface area contributed by atoms with Crippen LogP contribution < -0.4 is 16.0 Å². The number of benzene rings is 4. The van der Waals surface area contributed by atoms with Crippen molar-refractivity contribution in [1.29, 1.82) is 0 Å². The maximum atomic E-state index is 13.7. The van der Waals surface area contributed by atoms with E-state index in [1.54, 1.807) is 12.1 Å². The number of thiocarbonyl (C=S) groups is 1. The van der Waals surface area contributed by atoms with Gasteiger partial charge in [-0.1, -0.05) is 66.7 Å². The molecule has 1 heterocycles. The van der Waals surface area contributed by atoms with Crippen molar-refractivity contribution < 1.29 is 9.59 Å². The second-order valence-corrected chi connectivity index (χ2v) is 12.2. The molecule has 0 aliphatic rings. The van der Waals surface area contributed by atoms with Gasteiger partial charge in [-0.25, -0.2) is 4.98 Å². The molecule has 0 saturated carbocycles. The Hall–Kier alpha value is -4.31. The summed E-state index contributed by atoms with van der Waals surface area (Å²) in [5.74, 6) is -0.137. The quantitative estimate of drug-likeness (QED) is 0.0878. The maximum Gasteiger partial charge on any atom is 0.244 e. The number of amides is 1. The van der Waals surface area contributed by atoms with Crippen LogP contribution in [0.2, 0.25) is 0 Å². The van der Waals surface area contributed by atoms with Crippen molar-refractivity contribution in [3.8, 4) is 11.3 Å². The van der Waals surface area contributed by atoms with Crippen LogP contribution in [-0.4, -0.2) is 21.8 Å². The Morgan fingerprint density at radius 2 is 1.48 bits per heavy atom. The van der Waals surface area contributed by atoms with Crippen molar-refractivity contribution in [2.45, 2.75) is 24.0 Å². The molecule has 42 heavy (non-hydrogen) atoms. The predicted octanol–water partition coefficient (Wildman–Crippen LogP) is 8.60. The largest absolute Gasteiger partial charge is 0.332 e. The van der Waals surface area contributed by atoms with Gasteiger partial charge in [0, 0.05) is 32.3 Å². The van der Waals surface area contributed by atoms with Gasteiger partial charge in [-0.3, -0.25) is 9.59 Å². The van der Waals surface area contributed by atoms with E-state index in [4.69, 9.17) is 17.2 Å². The number of carbonyl (C=O) groups is 2. The molecule has 1 aromatic heterocycles. The number of aromatic nitrogens is 1. The number of aryl methyl sites for hydroxylation is 1. The fourth-order valence-corrected chi connectivity index (χ4v) is 6.41. The zero-order valence-electron chi connectivity index (χ0n) is 23.0. The summed E-state index contributed by atoms with van der Waals surface area (Å²) < 4.78 is 0. The molecule has 3 N–H and O–H groups in total. The highest BCUT2D eigenvalue weighted by molar-refractivity contribution is 8.00. The van der Waals surface area contributed by atoms with Crippen LogP contribution in [0.1, 0.15) is 33.0 Å². The third-order valence-corrected chi connectivity index (χ3v) is 8.65. The molecule has 0 saturated heterocycles. The Morgan fingerprint density at radius 1 is 0.810 bits per heavy atom. The molecule has 0 bridgehead atoms. The van der Waals surface area contributed by atoms with Crippen LogP contribution in [0.15, 0.2) is 114 Å². The molecule has 6 nitrogen and oxygen atoms in total. The molecule has 0 spiro atoms. The summed E-state index contributed by atoms with van der Waals surface area (Å²) in [6.45, 7) is 3.55. The molecule has 0 aliphatic carbocycles. The van der Waals surface area contributed by atoms with Gasteiger partial charge in [0.25, 0.3) is 0 Å². The summed E-state index contributed by atoms with van der Waals surface area (Å²) in [6, 6.07) is 34.6. The number of nitrogens with zero attached hydrogens (tertiary/aromatic N) is 1. The molecule has 4 aromatic carbocycles. The van der Waals surface area contributed by atoms with Gasteiger partial charge in [0.05, 0.1) is 5.69 Å². The summed E-state index contributed by atoms with van der Waals surface area (Å²) in [7, 11) is 0.